The van der Waals surface area contributed by atoms with E-state index < -0.39 is 49.1 Å². The van der Waals surface area contributed by atoms with Crippen LogP contribution in [-0.4, -0.2) is 108 Å². The molecule has 12 nitrogen and oxygen atoms in total. The lowest BCUT2D eigenvalue weighted by molar-refractivity contribution is -0.277. The van der Waals surface area contributed by atoms with Gasteiger partial charge in [0.25, 0.3) is 0 Å². The summed E-state index contributed by atoms with van der Waals surface area (Å²) in [5.74, 6) is -0.733. The molecule has 39 heavy (non-hydrogen) atoms. The predicted molar refractivity (Wildman–Crippen MR) is 135 cm³/mol. The molecule has 2 aromatic rings. The Kier molecular flexibility index (Phi) is 9.07. The number of phenolic OH excluding ortho intramolecular Hbond substituents is 1. The molecule has 4 rings (SSSR count). The first kappa shape index (κ1) is 29.2. The van der Waals surface area contributed by atoms with Gasteiger partial charge in [0.2, 0.25) is 12.0 Å². The van der Waals surface area contributed by atoms with E-state index in [9.17, 15) is 35.7 Å². The lowest BCUT2D eigenvalue weighted by Crippen LogP contribution is -2.60. The van der Waals surface area contributed by atoms with Gasteiger partial charge in [-0.3, -0.25) is 0 Å². The van der Waals surface area contributed by atoms with E-state index in [1.165, 1.54) is 27.4 Å². The first-order valence-corrected chi connectivity index (χ1v) is 12.6. The zero-order chi connectivity index (χ0) is 28.4. The molecule has 1 aliphatic carbocycles. The molecule has 1 fully saturated rings. The van der Waals surface area contributed by atoms with Crippen molar-refractivity contribution in [2.45, 2.75) is 43.0 Å². The lowest BCUT2D eigenvalue weighted by Gasteiger charge is -2.41. The van der Waals surface area contributed by atoms with Crippen molar-refractivity contribution in [1.29, 1.82) is 0 Å². The molecule has 0 radical (unpaired) electrons. The molecule has 0 spiro atoms. The minimum atomic E-state index is -1.67. The van der Waals surface area contributed by atoms with Gasteiger partial charge in [-0.15, -0.1) is 0 Å². The Bertz CT molecular complexity index is 1140. The molecule has 2 aliphatic rings. The van der Waals surface area contributed by atoms with Crippen LogP contribution in [-0.2, 0) is 11.2 Å². The number of benzene rings is 2. The molecule has 0 aromatic heterocycles. The molecule has 0 bridgehead atoms. The Hall–Kier alpha value is -2.84. The number of rotatable bonds is 9. The summed E-state index contributed by atoms with van der Waals surface area (Å²) < 4.78 is 28.3. The zero-order valence-electron chi connectivity index (χ0n) is 21.9. The topological polar surface area (TPSA) is 188 Å². The summed E-state index contributed by atoms with van der Waals surface area (Å²) in [6, 6.07) is 6.52. The third kappa shape index (κ3) is 5.21. The summed E-state index contributed by atoms with van der Waals surface area (Å²) in [5, 5.41) is 71.4. The summed E-state index contributed by atoms with van der Waals surface area (Å²) in [7, 11) is 4.24. The smallest absolute Gasteiger partial charge is 0.229 e. The van der Waals surface area contributed by atoms with Crippen molar-refractivity contribution >= 4 is 0 Å². The van der Waals surface area contributed by atoms with Gasteiger partial charge < -0.3 is 59.4 Å². The Balaban J connectivity index is 1.89. The van der Waals surface area contributed by atoms with Crippen LogP contribution in [0.15, 0.2) is 24.3 Å². The fraction of sp³-hybridized carbons (Fsp3) is 0.556. The maximum absolute atomic E-state index is 10.6. The van der Waals surface area contributed by atoms with Crippen molar-refractivity contribution in [3.05, 3.63) is 41.0 Å². The Labute approximate surface area is 225 Å². The van der Waals surface area contributed by atoms with Gasteiger partial charge in [0, 0.05) is 24.7 Å². The maximum atomic E-state index is 10.6. The van der Waals surface area contributed by atoms with E-state index in [2.05, 4.69) is 0 Å². The standard InChI is InChI=1S/C27H36O12/c1-35-17-7-12(4-5-16(17)31)20-15(10-29)14(9-28)6-13-8-18(36-2)25(26(37-3)21(13)20)39-27-24(34)23(33)22(32)19(11-30)38-27/h4-5,7-8,14-15,19-20,22-24,27-34H,6,9-11H2,1-3H3. The number of aliphatic hydroxyl groups excluding tert-OH is 6. The first-order chi connectivity index (χ1) is 18.7. The molecular weight excluding hydrogens is 516 g/mol. The van der Waals surface area contributed by atoms with Gasteiger partial charge in [-0.1, -0.05) is 6.07 Å². The van der Waals surface area contributed by atoms with Crippen molar-refractivity contribution in [3.63, 3.8) is 0 Å². The molecule has 8 unspecified atom stereocenters. The van der Waals surface area contributed by atoms with Crippen LogP contribution < -0.4 is 18.9 Å². The molecule has 1 aliphatic heterocycles. The third-order valence-corrected chi connectivity index (χ3v) is 7.67. The van der Waals surface area contributed by atoms with E-state index in [0.717, 1.165) is 5.56 Å². The number of aromatic hydroxyl groups is 1. The highest BCUT2D eigenvalue weighted by Gasteiger charge is 2.46. The molecule has 0 amide bonds. The van der Waals surface area contributed by atoms with E-state index in [4.69, 9.17) is 23.7 Å². The average Bonchev–Trinajstić information content (AvgIpc) is 2.96. The van der Waals surface area contributed by atoms with Crippen LogP contribution in [0.2, 0.25) is 0 Å². The number of ether oxygens (including phenoxy) is 5. The number of aliphatic hydroxyl groups is 6. The molecule has 8 atom stereocenters. The summed E-state index contributed by atoms with van der Waals surface area (Å²) in [6.07, 6.45) is -7.20. The zero-order valence-corrected chi connectivity index (χ0v) is 21.9. The van der Waals surface area contributed by atoms with E-state index in [0.29, 0.717) is 17.5 Å². The van der Waals surface area contributed by atoms with Crippen LogP contribution in [0.3, 0.4) is 0 Å². The monoisotopic (exact) mass is 552 g/mol. The second kappa shape index (κ2) is 12.1. The molecule has 216 valence electrons. The van der Waals surface area contributed by atoms with Crippen molar-refractivity contribution in [1.82, 2.24) is 0 Å². The third-order valence-electron chi connectivity index (χ3n) is 7.67. The number of hydrogen-bond acceptors (Lipinski definition) is 12. The van der Waals surface area contributed by atoms with Gasteiger partial charge in [-0.05, 0) is 47.6 Å². The maximum Gasteiger partial charge on any atom is 0.229 e. The molecule has 1 heterocycles. The highest BCUT2D eigenvalue weighted by molar-refractivity contribution is 5.63. The van der Waals surface area contributed by atoms with Crippen LogP contribution >= 0.6 is 0 Å². The van der Waals surface area contributed by atoms with Crippen molar-refractivity contribution in [2.24, 2.45) is 11.8 Å². The van der Waals surface area contributed by atoms with Crippen LogP contribution in [0.1, 0.15) is 22.6 Å². The van der Waals surface area contributed by atoms with Gasteiger partial charge in [-0.25, -0.2) is 0 Å². The minimum Gasteiger partial charge on any atom is -0.504 e. The van der Waals surface area contributed by atoms with Crippen molar-refractivity contribution in [3.8, 4) is 28.7 Å². The Morgan fingerprint density at radius 1 is 0.821 bits per heavy atom. The second-order valence-electron chi connectivity index (χ2n) is 9.73. The highest BCUT2D eigenvalue weighted by atomic mass is 16.7. The largest absolute Gasteiger partial charge is 0.504 e. The van der Waals surface area contributed by atoms with E-state index >= 15 is 0 Å². The van der Waals surface area contributed by atoms with E-state index in [1.54, 1.807) is 18.2 Å². The van der Waals surface area contributed by atoms with E-state index in [1.807, 2.05) is 0 Å². The molecule has 2 aromatic carbocycles. The molecule has 12 heteroatoms. The minimum absolute atomic E-state index is 0.0259. The van der Waals surface area contributed by atoms with Gasteiger partial charge >= 0.3 is 0 Å². The van der Waals surface area contributed by atoms with Crippen molar-refractivity contribution in [2.75, 3.05) is 41.2 Å². The first-order valence-electron chi connectivity index (χ1n) is 12.6. The molecule has 0 saturated carbocycles. The number of hydrogen-bond donors (Lipinski definition) is 7. The number of phenols is 1. The van der Waals surface area contributed by atoms with Crippen LogP contribution in [0.25, 0.3) is 0 Å². The second-order valence-corrected chi connectivity index (χ2v) is 9.73. The molecular formula is C27H36O12. The number of methoxy groups -OCH3 is 3. The van der Waals surface area contributed by atoms with Crippen molar-refractivity contribution < 1.29 is 59.4 Å². The van der Waals surface area contributed by atoms with Crippen LogP contribution in [0.4, 0.5) is 0 Å². The summed E-state index contributed by atoms with van der Waals surface area (Å²) in [5.41, 5.74) is 2.05. The fourth-order valence-electron chi connectivity index (χ4n) is 5.61. The summed E-state index contributed by atoms with van der Waals surface area (Å²) >= 11 is 0. The van der Waals surface area contributed by atoms with Crippen LogP contribution in [0, 0.1) is 11.8 Å². The van der Waals surface area contributed by atoms with Gasteiger partial charge in [0.1, 0.15) is 24.4 Å². The van der Waals surface area contributed by atoms with Gasteiger partial charge in [0.05, 0.1) is 27.9 Å². The molecule has 1 saturated heterocycles. The fourth-order valence-corrected chi connectivity index (χ4v) is 5.61. The average molecular weight is 553 g/mol. The predicted octanol–water partition coefficient (Wildman–Crippen LogP) is -0.498. The SMILES string of the molecule is COc1cc(C2c3c(cc(OC)c(OC4OC(CO)C(O)C(O)C4O)c3OC)CC(CO)C2CO)ccc1O. The summed E-state index contributed by atoms with van der Waals surface area (Å²) in [4.78, 5) is 0. The summed E-state index contributed by atoms with van der Waals surface area (Å²) in [6.45, 7) is -1.09. The van der Waals surface area contributed by atoms with Gasteiger partial charge in [0.15, 0.2) is 23.0 Å². The number of fused-ring (bicyclic) bond motifs is 1. The normalized spacial score (nSPS) is 30.4. The Morgan fingerprint density at radius 3 is 2.13 bits per heavy atom. The lowest BCUT2D eigenvalue weighted by atomic mass is 9.66. The molecule has 7 N–H and O–H groups in total. The van der Waals surface area contributed by atoms with E-state index in [-0.39, 0.29) is 47.9 Å². The van der Waals surface area contributed by atoms with Gasteiger partial charge in [-0.2, -0.15) is 0 Å². The highest BCUT2D eigenvalue weighted by Crippen LogP contribution is 2.54. The quantitative estimate of drug-likeness (QED) is 0.212. The van der Waals surface area contributed by atoms with Crippen LogP contribution in [0.5, 0.6) is 28.7 Å². The Morgan fingerprint density at radius 2 is 1.54 bits per heavy atom.